The van der Waals surface area contributed by atoms with Gasteiger partial charge in [-0.1, -0.05) is 41.0 Å². The molecule has 0 bridgehead atoms. The van der Waals surface area contributed by atoms with Crippen molar-refractivity contribution in [1.29, 1.82) is 0 Å². The van der Waals surface area contributed by atoms with Crippen molar-refractivity contribution >= 4 is 75.1 Å². The maximum absolute atomic E-state index is 13.7. The van der Waals surface area contributed by atoms with Crippen molar-refractivity contribution in [3.63, 3.8) is 0 Å². The molecule has 2 amide bonds. The molecule has 2 atom stereocenters. The first kappa shape index (κ1) is 38.7. The van der Waals surface area contributed by atoms with Crippen molar-refractivity contribution in [2.75, 3.05) is 44.2 Å². The number of aromatic carboxylic acids is 1. The molecule has 2 fully saturated rings. The molecule has 15 nitrogen and oxygen atoms in total. The first-order valence-electron chi connectivity index (χ1n) is 17.1. The number of phenols is 1. The summed E-state index contributed by atoms with van der Waals surface area (Å²) in [7, 11) is 0. The molecule has 0 radical (unpaired) electrons. The second kappa shape index (κ2) is 16.2. The van der Waals surface area contributed by atoms with Crippen LogP contribution in [0.3, 0.4) is 0 Å². The predicted octanol–water partition coefficient (Wildman–Crippen LogP) is 2.55. The van der Waals surface area contributed by atoms with E-state index >= 15 is 0 Å². The SMILES string of the molecule is Cc1ccc(C(=O)NCC[N+]2(CC3=C(C(=O)[O-])N4C(=O)[C@@H](CC(=O)/C(=N\OCc5ccccc5C(=O)O)c5csc(N)n5)[C@H]4SC3)CCCC2)c(Cl)c1O. The highest BCUT2D eigenvalue weighted by atomic mass is 35.5. The summed E-state index contributed by atoms with van der Waals surface area (Å²) in [5.74, 6) is -4.91. The molecule has 2 saturated heterocycles. The number of hydrogen-bond donors (Lipinski definition) is 4. The lowest BCUT2D eigenvalue weighted by Gasteiger charge is -2.51. The Morgan fingerprint density at radius 2 is 1.91 bits per heavy atom. The van der Waals surface area contributed by atoms with Gasteiger partial charge in [0.1, 0.15) is 24.6 Å². The van der Waals surface area contributed by atoms with E-state index in [0.29, 0.717) is 40.0 Å². The fourth-order valence-electron chi connectivity index (χ4n) is 7.09. The Labute approximate surface area is 323 Å². The molecule has 0 unspecified atom stereocenters. The van der Waals surface area contributed by atoms with Gasteiger partial charge >= 0.3 is 5.97 Å². The van der Waals surface area contributed by atoms with Gasteiger partial charge in [0.15, 0.2) is 16.6 Å². The summed E-state index contributed by atoms with van der Waals surface area (Å²) in [6, 6.07) is 9.34. The summed E-state index contributed by atoms with van der Waals surface area (Å²) in [5, 5.41) is 40.2. The van der Waals surface area contributed by atoms with Crippen molar-refractivity contribution in [1.82, 2.24) is 15.2 Å². The molecule has 3 aromatic rings. The minimum absolute atomic E-state index is 0.0129. The molecule has 2 aromatic carbocycles. The number of aromatic hydroxyl groups is 1. The van der Waals surface area contributed by atoms with Gasteiger partial charge in [-0.15, -0.1) is 23.1 Å². The number of nitrogens with one attached hydrogen (secondary N) is 1. The number of amides is 2. The summed E-state index contributed by atoms with van der Waals surface area (Å²) < 4.78 is 0.502. The number of fused-ring (bicyclic) bond motifs is 1. The molecule has 54 heavy (non-hydrogen) atoms. The van der Waals surface area contributed by atoms with Crippen molar-refractivity contribution in [3.05, 3.63) is 86.0 Å². The zero-order valence-electron chi connectivity index (χ0n) is 29.1. The Bertz CT molecular complexity index is 2080. The molecule has 0 saturated carbocycles. The van der Waals surface area contributed by atoms with E-state index < -0.39 is 40.8 Å². The van der Waals surface area contributed by atoms with Crippen LogP contribution in [-0.2, 0) is 25.8 Å². The zero-order valence-corrected chi connectivity index (χ0v) is 31.5. The van der Waals surface area contributed by atoms with Gasteiger partial charge in [0, 0.05) is 41.5 Å². The van der Waals surface area contributed by atoms with Crippen molar-refractivity contribution in [2.24, 2.45) is 11.1 Å². The van der Waals surface area contributed by atoms with Crippen molar-refractivity contribution in [3.8, 4) is 5.75 Å². The predicted molar refractivity (Wildman–Crippen MR) is 199 cm³/mol. The van der Waals surface area contributed by atoms with E-state index in [1.54, 1.807) is 37.3 Å². The Balaban J connectivity index is 1.14. The Hall–Kier alpha value is -4.97. The van der Waals surface area contributed by atoms with E-state index in [2.05, 4.69) is 15.5 Å². The largest absolute Gasteiger partial charge is 0.543 e. The lowest BCUT2D eigenvalue weighted by molar-refractivity contribution is -0.911. The highest BCUT2D eigenvalue weighted by Crippen LogP contribution is 2.46. The molecule has 3 aliphatic rings. The van der Waals surface area contributed by atoms with Crippen LogP contribution < -0.4 is 16.2 Å². The number of aryl methyl sites for hydroxylation is 1. The molecule has 18 heteroatoms. The molecule has 0 spiro atoms. The van der Waals surface area contributed by atoms with Gasteiger partial charge in [0.05, 0.1) is 65.3 Å². The zero-order chi connectivity index (χ0) is 38.7. The molecule has 6 rings (SSSR count). The van der Waals surface area contributed by atoms with Gasteiger partial charge < -0.3 is 40.5 Å². The molecule has 4 heterocycles. The van der Waals surface area contributed by atoms with E-state index in [4.69, 9.17) is 22.2 Å². The third-order valence-electron chi connectivity index (χ3n) is 9.88. The lowest BCUT2D eigenvalue weighted by Crippen LogP contribution is -2.64. The summed E-state index contributed by atoms with van der Waals surface area (Å²) >= 11 is 8.65. The number of thioether (sulfide) groups is 1. The number of halogens is 1. The second-order valence-corrected chi connectivity index (χ2v) is 15.7. The number of carbonyl (C=O) groups excluding carboxylic acids is 4. The molecule has 1 aromatic heterocycles. The summed E-state index contributed by atoms with van der Waals surface area (Å²) in [6.07, 6.45) is 1.51. The number of aromatic nitrogens is 1. The van der Waals surface area contributed by atoms with Crippen LogP contribution in [0.2, 0.25) is 5.02 Å². The number of rotatable bonds is 15. The number of nitrogens with two attached hydrogens (primary N) is 1. The van der Waals surface area contributed by atoms with Crippen LogP contribution in [0, 0.1) is 12.8 Å². The van der Waals surface area contributed by atoms with E-state index in [1.165, 1.54) is 28.1 Å². The molecular weight excluding hydrogens is 760 g/mol. The van der Waals surface area contributed by atoms with Crippen LogP contribution in [-0.4, -0.2) is 104 Å². The normalized spacial score (nSPS) is 19.3. The van der Waals surface area contributed by atoms with E-state index in [0.717, 1.165) is 37.3 Å². The van der Waals surface area contributed by atoms with Crippen LogP contribution in [0.5, 0.6) is 5.75 Å². The first-order valence-corrected chi connectivity index (χ1v) is 19.4. The quantitative estimate of drug-likeness (QED) is 0.0754. The minimum atomic E-state index is -1.48. The van der Waals surface area contributed by atoms with E-state index in [9.17, 15) is 39.3 Å². The highest BCUT2D eigenvalue weighted by Gasteiger charge is 2.53. The van der Waals surface area contributed by atoms with Gasteiger partial charge in [-0.05, 0) is 24.6 Å². The van der Waals surface area contributed by atoms with Gasteiger partial charge in [0.2, 0.25) is 5.91 Å². The molecule has 0 aliphatic carbocycles. The van der Waals surface area contributed by atoms with Crippen LogP contribution in [0.1, 0.15) is 56.8 Å². The second-order valence-electron chi connectivity index (χ2n) is 13.4. The summed E-state index contributed by atoms with van der Waals surface area (Å²) in [5.41, 5.74) is 7.13. The molecule has 3 aliphatic heterocycles. The van der Waals surface area contributed by atoms with E-state index in [1.807, 2.05) is 0 Å². The van der Waals surface area contributed by atoms with E-state index in [-0.39, 0.29) is 63.7 Å². The summed E-state index contributed by atoms with van der Waals surface area (Å²) in [6.45, 7) is 4.02. The number of carbonyl (C=O) groups is 5. The number of nitrogen functional groups attached to an aromatic ring is 1. The summed E-state index contributed by atoms with van der Waals surface area (Å²) in [4.78, 5) is 75.2. The van der Waals surface area contributed by atoms with Gasteiger partial charge in [-0.25, -0.2) is 9.78 Å². The number of aliphatic carboxylic acids is 1. The number of Topliss-reactive ketones (excluding diaryl/α,β-unsaturated/α-hetero) is 1. The Morgan fingerprint density at radius 3 is 2.59 bits per heavy atom. The number of hydrogen-bond acceptors (Lipinski definition) is 13. The average molecular weight is 797 g/mol. The third kappa shape index (κ3) is 7.94. The number of ketones is 1. The number of nitrogens with zero attached hydrogens (tertiary/aromatic N) is 4. The standard InChI is InChI=1S/C36H37ClN6O9S2/c1-19-8-9-23(27(37)30(19)45)31(46)39-10-13-43(11-4-5-12-43)15-21-17-53-33-24(32(47)42(33)29(21)35(50)51)14-26(44)28(25-18-54-36(38)40-25)41-52-16-20-6-2-3-7-22(20)34(48)49/h2-3,6-9,18,24,33H,4-5,10-17H2,1H3,(H5-,38,39,40,45,46,48,49,50,51)/b41-28-/t24-,33-/m1/s1. The first-order chi connectivity index (χ1) is 25.8. The monoisotopic (exact) mass is 796 g/mol. The fraction of sp³-hybridized carbons (Fsp3) is 0.361. The number of quaternary nitrogens is 1. The van der Waals surface area contributed by atoms with Gasteiger partial charge in [-0.2, -0.15) is 0 Å². The van der Waals surface area contributed by atoms with Crippen LogP contribution in [0.15, 0.2) is 58.2 Å². The maximum atomic E-state index is 13.7. The third-order valence-corrected chi connectivity index (χ3v) is 12.3. The van der Waals surface area contributed by atoms with Crippen LogP contribution >= 0.6 is 34.7 Å². The number of benzene rings is 2. The number of carboxylic acids is 2. The highest BCUT2D eigenvalue weighted by molar-refractivity contribution is 8.00. The number of phenolic OH excluding ortho intramolecular Hbond substituents is 1. The number of anilines is 1. The Morgan fingerprint density at radius 1 is 1.17 bits per heavy atom. The smallest absolute Gasteiger partial charge is 0.336 e. The van der Waals surface area contributed by atoms with Gasteiger partial charge in [0.25, 0.3) is 5.91 Å². The Kier molecular flexibility index (Phi) is 11.6. The maximum Gasteiger partial charge on any atom is 0.336 e. The molecular formula is C36H37ClN6O9S2. The molecule has 5 N–H and O–H groups in total. The number of carboxylic acid groups (broad SMARTS) is 2. The topological polar surface area (TPSA) is 225 Å². The van der Waals surface area contributed by atoms with Gasteiger partial charge in [-0.3, -0.25) is 19.3 Å². The van der Waals surface area contributed by atoms with Crippen molar-refractivity contribution in [2.45, 2.75) is 38.2 Å². The lowest BCUT2D eigenvalue weighted by atomic mass is 9.89. The fourth-order valence-corrected chi connectivity index (χ4v) is 9.34. The molecule has 284 valence electrons. The number of thiazole rings is 1. The number of likely N-dealkylation sites (tertiary alicyclic amines) is 1. The number of β-lactam (4-membered cyclic amide) rings is 1. The minimum Gasteiger partial charge on any atom is -0.543 e. The van der Waals surface area contributed by atoms with Crippen LogP contribution in [0.25, 0.3) is 0 Å². The number of oxime groups is 1. The average Bonchev–Trinajstić information content (AvgIpc) is 3.79. The van der Waals surface area contributed by atoms with Crippen LogP contribution in [0.4, 0.5) is 5.13 Å². The van der Waals surface area contributed by atoms with Crippen molar-refractivity contribution < 1.29 is 48.6 Å².